The second kappa shape index (κ2) is 7.76. The number of anilines is 3. The van der Waals surface area contributed by atoms with Crippen LogP contribution in [0.4, 0.5) is 17.6 Å². The predicted octanol–water partition coefficient (Wildman–Crippen LogP) is 2.35. The molecule has 1 aliphatic rings. The molecular formula is C18H26N6O. The lowest BCUT2D eigenvalue weighted by molar-refractivity contribution is 0.0978. The summed E-state index contributed by atoms with van der Waals surface area (Å²) in [6, 6.07) is 9.70. The molecule has 1 fully saturated rings. The average molecular weight is 342 g/mol. The van der Waals surface area contributed by atoms with Crippen LogP contribution in [-0.2, 0) is 0 Å². The molecule has 1 saturated carbocycles. The topological polar surface area (TPSA) is 100 Å². The van der Waals surface area contributed by atoms with Gasteiger partial charge in [-0.05, 0) is 44.9 Å². The largest absolute Gasteiger partial charge is 0.393 e. The molecule has 0 spiro atoms. The molecule has 3 unspecified atom stereocenters. The standard InChI is InChI=1S/C18H26N6O/c1-12(24(2)11-13-7-6-10-15(13)25)16-21-17(19)23-18(22-16)20-14-8-4-3-5-9-14/h3-5,8-9,12-13,15,25H,6-7,10-11H2,1-2H3,(H3,19,20,21,22,23). The lowest BCUT2D eigenvalue weighted by Gasteiger charge is -2.27. The summed E-state index contributed by atoms with van der Waals surface area (Å²) in [5, 5.41) is 13.2. The molecule has 0 amide bonds. The maximum atomic E-state index is 10.0. The third-order valence-electron chi connectivity index (χ3n) is 4.88. The van der Waals surface area contributed by atoms with Crippen LogP contribution in [0.3, 0.4) is 0 Å². The lowest BCUT2D eigenvalue weighted by atomic mass is 10.0. The van der Waals surface area contributed by atoms with E-state index in [1.165, 1.54) is 0 Å². The molecule has 2 aromatic rings. The summed E-state index contributed by atoms with van der Waals surface area (Å²) in [5.74, 6) is 1.58. The number of para-hydroxylation sites is 1. The van der Waals surface area contributed by atoms with Crippen LogP contribution < -0.4 is 11.1 Å². The van der Waals surface area contributed by atoms with Crippen LogP contribution in [0, 0.1) is 5.92 Å². The van der Waals surface area contributed by atoms with Crippen molar-refractivity contribution in [3.8, 4) is 0 Å². The summed E-state index contributed by atoms with van der Waals surface area (Å²) >= 11 is 0. The molecule has 25 heavy (non-hydrogen) atoms. The highest BCUT2D eigenvalue weighted by molar-refractivity contribution is 5.53. The minimum atomic E-state index is -0.201. The number of aromatic nitrogens is 3. The molecule has 1 aliphatic carbocycles. The van der Waals surface area contributed by atoms with Crippen LogP contribution in [0.25, 0.3) is 0 Å². The Hall–Kier alpha value is -2.25. The van der Waals surface area contributed by atoms with Gasteiger partial charge in [0.1, 0.15) is 0 Å². The number of nitrogen functional groups attached to an aromatic ring is 1. The van der Waals surface area contributed by atoms with E-state index in [0.717, 1.165) is 31.5 Å². The average Bonchev–Trinajstić information content (AvgIpc) is 2.99. The summed E-state index contributed by atoms with van der Waals surface area (Å²) in [5.41, 5.74) is 6.77. The van der Waals surface area contributed by atoms with E-state index in [4.69, 9.17) is 5.73 Å². The van der Waals surface area contributed by atoms with Gasteiger partial charge in [-0.25, -0.2) is 0 Å². The smallest absolute Gasteiger partial charge is 0.232 e. The van der Waals surface area contributed by atoms with Crippen molar-refractivity contribution >= 4 is 17.6 Å². The third kappa shape index (κ3) is 4.43. The summed E-state index contributed by atoms with van der Waals surface area (Å²) in [6.45, 7) is 2.86. The van der Waals surface area contributed by atoms with Gasteiger partial charge in [0.15, 0.2) is 5.82 Å². The number of hydrogen-bond acceptors (Lipinski definition) is 7. The molecule has 3 rings (SSSR count). The van der Waals surface area contributed by atoms with E-state index < -0.39 is 0 Å². The molecule has 1 aromatic carbocycles. The molecule has 4 N–H and O–H groups in total. The van der Waals surface area contributed by atoms with Gasteiger partial charge in [0.05, 0.1) is 12.1 Å². The van der Waals surface area contributed by atoms with Gasteiger partial charge in [-0.1, -0.05) is 24.6 Å². The fourth-order valence-electron chi connectivity index (χ4n) is 3.26. The molecule has 0 saturated heterocycles. The molecule has 7 heteroatoms. The van der Waals surface area contributed by atoms with E-state index in [1.807, 2.05) is 44.3 Å². The molecule has 3 atom stereocenters. The number of rotatable bonds is 6. The van der Waals surface area contributed by atoms with Gasteiger partial charge in [-0.3, -0.25) is 4.90 Å². The highest BCUT2D eigenvalue weighted by Gasteiger charge is 2.28. The number of benzene rings is 1. The number of aliphatic hydroxyl groups is 1. The first-order valence-electron chi connectivity index (χ1n) is 8.74. The van der Waals surface area contributed by atoms with E-state index in [1.54, 1.807) is 0 Å². The van der Waals surface area contributed by atoms with E-state index in [2.05, 4.69) is 25.2 Å². The highest BCUT2D eigenvalue weighted by atomic mass is 16.3. The van der Waals surface area contributed by atoms with Gasteiger partial charge in [0, 0.05) is 12.2 Å². The second-order valence-corrected chi connectivity index (χ2v) is 6.74. The Morgan fingerprint density at radius 3 is 2.68 bits per heavy atom. The number of nitrogens with zero attached hydrogens (tertiary/aromatic N) is 4. The number of aliphatic hydroxyl groups excluding tert-OH is 1. The molecule has 134 valence electrons. The van der Waals surface area contributed by atoms with Crippen LogP contribution >= 0.6 is 0 Å². The van der Waals surface area contributed by atoms with Crippen LogP contribution in [0.2, 0.25) is 0 Å². The normalized spacial score (nSPS) is 21.4. The van der Waals surface area contributed by atoms with Crippen molar-refractivity contribution in [1.82, 2.24) is 19.9 Å². The number of nitrogens with two attached hydrogens (primary N) is 1. The molecule has 0 aliphatic heterocycles. The first-order valence-corrected chi connectivity index (χ1v) is 8.74. The Kier molecular flexibility index (Phi) is 5.45. The van der Waals surface area contributed by atoms with Gasteiger partial charge in [-0.2, -0.15) is 15.0 Å². The Bertz CT molecular complexity index is 695. The minimum absolute atomic E-state index is 0.0191. The van der Waals surface area contributed by atoms with Crippen molar-refractivity contribution < 1.29 is 5.11 Å². The fraction of sp³-hybridized carbons (Fsp3) is 0.500. The van der Waals surface area contributed by atoms with E-state index in [0.29, 0.717) is 17.7 Å². The summed E-state index contributed by atoms with van der Waals surface area (Å²) in [6.07, 6.45) is 2.86. The summed E-state index contributed by atoms with van der Waals surface area (Å²) in [4.78, 5) is 15.2. The van der Waals surface area contributed by atoms with Crippen molar-refractivity contribution in [3.05, 3.63) is 36.2 Å². The van der Waals surface area contributed by atoms with E-state index >= 15 is 0 Å². The molecule has 0 radical (unpaired) electrons. The van der Waals surface area contributed by atoms with Crippen molar-refractivity contribution in [2.45, 2.75) is 38.3 Å². The van der Waals surface area contributed by atoms with Crippen molar-refractivity contribution in [3.63, 3.8) is 0 Å². The third-order valence-corrected chi connectivity index (χ3v) is 4.88. The highest BCUT2D eigenvalue weighted by Crippen LogP contribution is 2.28. The molecular weight excluding hydrogens is 316 g/mol. The molecule has 1 heterocycles. The quantitative estimate of drug-likeness (QED) is 0.741. The minimum Gasteiger partial charge on any atom is -0.393 e. The number of hydrogen-bond donors (Lipinski definition) is 3. The molecule has 7 nitrogen and oxygen atoms in total. The van der Waals surface area contributed by atoms with Crippen molar-refractivity contribution in [1.29, 1.82) is 0 Å². The first-order chi connectivity index (χ1) is 12.0. The Balaban J connectivity index is 1.72. The Morgan fingerprint density at radius 1 is 1.24 bits per heavy atom. The zero-order valence-corrected chi connectivity index (χ0v) is 14.8. The van der Waals surface area contributed by atoms with Crippen LogP contribution in [0.15, 0.2) is 30.3 Å². The van der Waals surface area contributed by atoms with Gasteiger partial charge >= 0.3 is 0 Å². The van der Waals surface area contributed by atoms with Crippen LogP contribution in [0.1, 0.15) is 38.1 Å². The Morgan fingerprint density at radius 2 is 2.00 bits per heavy atom. The van der Waals surface area contributed by atoms with E-state index in [9.17, 15) is 5.11 Å². The van der Waals surface area contributed by atoms with Gasteiger partial charge in [-0.15, -0.1) is 0 Å². The predicted molar refractivity (Wildman–Crippen MR) is 98.4 cm³/mol. The van der Waals surface area contributed by atoms with Gasteiger partial charge in [0.25, 0.3) is 0 Å². The fourth-order valence-corrected chi connectivity index (χ4v) is 3.26. The van der Waals surface area contributed by atoms with Gasteiger partial charge in [0.2, 0.25) is 11.9 Å². The monoisotopic (exact) mass is 342 g/mol. The Labute approximate surface area is 148 Å². The van der Waals surface area contributed by atoms with Gasteiger partial charge < -0.3 is 16.2 Å². The van der Waals surface area contributed by atoms with Crippen molar-refractivity contribution in [2.24, 2.45) is 5.92 Å². The molecule has 0 bridgehead atoms. The van der Waals surface area contributed by atoms with Crippen LogP contribution in [-0.4, -0.2) is 44.7 Å². The van der Waals surface area contributed by atoms with E-state index in [-0.39, 0.29) is 18.1 Å². The van der Waals surface area contributed by atoms with Crippen LogP contribution in [0.5, 0.6) is 0 Å². The maximum Gasteiger partial charge on any atom is 0.232 e. The van der Waals surface area contributed by atoms with Crippen molar-refractivity contribution in [2.75, 3.05) is 24.6 Å². The number of nitrogens with one attached hydrogen (secondary N) is 1. The SMILES string of the molecule is CC(c1nc(N)nc(Nc2ccccc2)n1)N(C)CC1CCCC1O. The summed E-state index contributed by atoms with van der Waals surface area (Å²) in [7, 11) is 2.03. The maximum absolute atomic E-state index is 10.0. The first kappa shape index (κ1) is 17.6. The summed E-state index contributed by atoms with van der Waals surface area (Å²) < 4.78 is 0. The zero-order chi connectivity index (χ0) is 17.8. The second-order valence-electron chi connectivity index (χ2n) is 6.74. The lowest BCUT2D eigenvalue weighted by Crippen LogP contribution is -2.32. The molecule has 1 aromatic heterocycles. The zero-order valence-electron chi connectivity index (χ0n) is 14.8.